The summed E-state index contributed by atoms with van der Waals surface area (Å²) in [6.07, 6.45) is 2.24. The van der Waals surface area contributed by atoms with Crippen molar-refractivity contribution in [1.29, 1.82) is 0 Å². The Morgan fingerprint density at radius 2 is 2.17 bits per heavy atom. The van der Waals surface area contributed by atoms with Gasteiger partial charge in [0.2, 0.25) is 5.91 Å². The predicted molar refractivity (Wildman–Crippen MR) is 71.4 cm³/mol. The molecule has 4 heteroatoms. The number of fused-ring (bicyclic) bond motifs is 1. The molecule has 18 heavy (non-hydrogen) atoms. The summed E-state index contributed by atoms with van der Waals surface area (Å²) in [7, 11) is 0. The lowest BCUT2D eigenvalue weighted by Crippen LogP contribution is -2.24. The molecule has 1 aliphatic heterocycles. The Balaban J connectivity index is 1.93. The molecule has 0 aliphatic carbocycles. The van der Waals surface area contributed by atoms with Crippen molar-refractivity contribution in [2.24, 2.45) is 0 Å². The van der Waals surface area contributed by atoms with Crippen LogP contribution < -0.4 is 0 Å². The number of hydrogen-bond donors (Lipinski definition) is 0. The van der Waals surface area contributed by atoms with E-state index in [0.717, 1.165) is 16.5 Å². The molecule has 1 fully saturated rings. The molecular weight excluding hydrogens is 248 g/mol. The number of halogens is 1. The van der Waals surface area contributed by atoms with Crippen molar-refractivity contribution in [3.63, 3.8) is 0 Å². The van der Waals surface area contributed by atoms with Crippen LogP contribution in [0, 0.1) is 0 Å². The molecule has 0 spiro atoms. The molecule has 3 rings (SSSR count). The first-order chi connectivity index (χ1) is 8.74. The quantitative estimate of drug-likeness (QED) is 0.778. The Hall–Kier alpha value is -1.61. The molecule has 0 saturated carbocycles. The predicted octanol–water partition coefficient (Wildman–Crippen LogP) is 2.57. The summed E-state index contributed by atoms with van der Waals surface area (Å²) in [6.45, 7) is 1.25. The van der Waals surface area contributed by atoms with Gasteiger partial charge in [-0.15, -0.1) is 11.6 Å². The Morgan fingerprint density at radius 3 is 2.94 bits per heavy atom. The molecule has 1 aromatic heterocycles. The standard InChI is InChI=1S/C14H13ClN2O/c15-11-7-14(18)17(9-11)8-10-5-6-16-13-4-2-1-3-12(10)13/h1-6,11H,7-9H2. The Morgan fingerprint density at radius 1 is 1.33 bits per heavy atom. The van der Waals surface area contributed by atoms with Gasteiger partial charge in [-0.2, -0.15) is 0 Å². The maximum absolute atomic E-state index is 11.8. The van der Waals surface area contributed by atoms with Gasteiger partial charge in [0.15, 0.2) is 0 Å². The molecule has 0 radical (unpaired) electrons. The summed E-state index contributed by atoms with van der Waals surface area (Å²) in [5, 5.41) is 1.05. The van der Waals surface area contributed by atoms with E-state index in [0.29, 0.717) is 19.5 Å². The molecule has 0 bridgehead atoms. The van der Waals surface area contributed by atoms with Crippen LogP contribution in [0.25, 0.3) is 10.9 Å². The molecule has 1 saturated heterocycles. The molecule has 1 aromatic carbocycles. The van der Waals surface area contributed by atoms with Crippen LogP contribution in [-0.4, -0.2) is 27.7 Å². The van der Waals surface area contributed by atoms with Gasteiger partial charge in [0.1, 0.15) is 0 Å². The zero-order valence-corrected chi connectivity index (χ0v) is 10.6. The normalized spacial score (nSPS) is 19.7. The highest BCUT2D eigenvalue weighted by molar-refractivity contribution is 6.22. The second kappa shape index (κ2) is 4.58. The van der Waals surface area contributed by atoms with Gasteiger partial charge >= 0.3 is 0 Å². The van der Waals surface area contributed by atoms with Crippen molar-refractivity contribution in [3.8, 4) is 0 Å². The molecule has 0 N–H and O–H groups in total. The van der Waals surface area contributed by atoms with Crippen LogP contribution in [-0.2, 0) is 11.3 Å². The molecule has 1 unspecified atom stereocenters. The van der Waals surface area contributed by atoms with Crippen LogP contribution in [0.5, 0.6) is 0 Å². The van der Waals surface area contributed by atoms with E-state index >= 15 is 0 Å². The number of nitrogens with zero attached hydrogens (tertiary/aromatic N) is 2. The van der Waals surface area contributed by atoms with Crippen LogP contribution in [0.15, 0.2) is 36.5 Å². The van der Waals surface area contributed by atoms with E-state index in [2.05, 4.69) is 4.98 Å². The van der Waals surface area contributed by atoms with Crippen molar-refractivity contribution in [1.82, 2.24) is 9.88 Å². The Kier molecular flexibility index (Phi) is 2.92. The van der Waals surface area contributed by atoms with Gasteiger partial charge in [0.25, 0.3) is 0 Å². The number of likely N-dealkylation sites (tertiary alicyclic amines) is 1. The minimum atomic E-state index is -0.0504. The summed E-state index contributed by atoms with van der Waals surface area (Å²) < 4.78 is 0. The number of pyridine rings is 1. The smallest absolute Gasteiger partial charge is 0.224 e. The highest BCUT2D eigenvalue weighted by Crippen LogP contribution is 2.22. The first kappa shape index (κ1) is 11.5. The maximum Gasteiger partial charge on any atom is 0.224 e. The van der Waals surface area contributed by atoms with Gasteiger partial charge in [-0.05, 0) is 17.7 Å². The molecule has 1 amide bonds. The fraction of sp³-hybridized carbons (Fsp3) is 0.286. The molecule has 2 aromatic rings. The van der Waals surface area contributed by atoms with Crippen molar-refractivity contribution in [2.75, 3.05) is 6.54 Å². The molecule has 2 heterocycles. The lowest BCUT2D eigenvalue weighted by Gasteiger charge is -2.16. The number of benzene rings is 1. The third kappa shape index (κ3) is 2.06. The number of alkyl halides is 1. The fourth-order valence-electron chi connectivity index (χ4n) is 2.38. The van der Waals surface area contributed by atoms with Crippen LogP contribution in [0.4, 0.5) is 0 Å². The van der Waals surface area contributed by atoms with Crippen molar-refractivity contribution < 1.29 is 4.79 Å². The lowest BCUT2D eigenvalue weighted by molar-refractivity contribution is -0.128. The summed E-state index contributed by atoms with van der Waals surface area (Å²) in [5.74, 6) is 0.135. The molecule has 1 atom stereocenters. The van der Waals surface area contributed by atoms with E-state index in [1.165, 1.54) is 0 Å². The van der Waals surface area contributed by atoms with Crippen molar-refractivity contribution in [3.05, 3.63) is 42.1 Å². The molecule has 92 valence electrons. The summed E-state index contributed by atoms with van der Waals surface area (Å²) in [5.41, 5.74) is 2.09. The zero-order valence-electron chi connectivity index (χ0n) is 9.84. The van der Waals surface area contributed by atoms with Crippen molar-refractivity contribution >= 4 is 28.4 Å². The van der Waals surface area contributed by atoms with E-state index < -0.39 is 0 Å². The van der Waals surface area contributed by atoms with E-state index in [-0.39, 0.29) is 11.3 Å². The van der Waals surface area contributed by atoms with E-state index in [1.807, 2.05) is 35.2 Å². The van der Waals surface area contributed by atoms with E-state index in [9.17, 15) is 4.79 Å². The fourth-order valence-corrected chi connectivity index (χ4v) is 2.67. The minimum absolute atomic E-state index is 0.0504. The number of para-hydroxylation sites is 1. The Bertz CT molecular complexity index is 594. The lowest BCUT2D eigenvalue weighted by atomic mass is 10.1. The first-order valence-corrected chi connectivity index (χ1v) is 6.42. The van der Waals surface area contributed by atoms with Gasteiger partial charge < -0.3 is 4.90 Å². The Labute approximate surface area is 110 Å². The summed E-state index contributed by atoms with van der Waals surface area (Å²) in [4.78, 5) is 17.9. The second-order valence-electron chi connectivity index (χ2n) is 4.56. The van der Waals surface area contributed by atoms with Crippen molar-refractivity contribution in [2.45, 2.75) is 18.3 Å². The number of rotatable bonds is 2. The maximum atomic E-state index is 11.8. The highest BCUT2D eigenvalue weighted by atomic mass is 35.5. The average Bonchev–Trinajstić information content (AvgIpc) is 2.68. The molecular formula is C14H13ClN2O. The number of aromatic nitrogens is 1. The number of carbonyl (C=O) groups excluding carboxylic acids is 1. The highest BCUT2D eigenvalue weighted by Gasteiger charge is 2.28. The first-order valence-electron chi connectivity index (χ1n) is 5.98. The summed E-state index contributed by atoms with van der Waals surface area (Å²) >= 11 is 6.01. The van der Waals surface area contributed by atoms with Gasteiger partial charge in [0.05, 0.1) is 10.9 Å². The number of hydrogen-bond acceptors (Lipinski definition) is 2. The SMILES string of the molecule is O=C1CC(Cl)CN1Cc1ccnc2ccccc12. The topological polar surface area (TPSA) is 33.2 Å². The molecule has 1 aliphatic rings. The van der Waals surface area contributed by atoms with E-state index in [4.69, 9.17) is 11.6 Å². The third-order valence-corrected chi connectivity index (χ3v) is 3.56. The second-order valence-corrected chi connectivity index (χ2v) is 5.18. The van der Waals surface area contributed by atoms with Crippen LogP contribution in [0.2, 0.25) is 0 Å². The van der Waals surface area contributed by atoms with Gasteiger partial charge in [-0.3, -0.25) is 9.78 Å². The van der Waals surface area contributed by atoms with Crippen LogP contribution >= 0.6 is 11.6 Å². The average molecular weight is 261 g/mol. The van der Waals surface area contributed by atoms with Gasteiger partial charge in [-0.25, -0.2) is 0 Å². The molecule has 3 nitrogen and oxygen atoms in total. The number of carbonyl (C=O) groups is 1. The minimum Gasteiger partial charge on any atom is -0.337 e. The summed E-state index contributed by atoms with van der Waals surface area (Å²) in [6, 6.07) is 9.95. The zero-order chi connectivity index (χ0) is 12.5. The monoisotopic (exact) mass is 260 g/mol. The largest absolute Gasteiger partial charge is 0.337 e. The van der Waals surface area contributed by atoms with Crippen LogP contribution in [0.3, 0.4) is 0 Å². The van der Waals surface area contributed by atoms with Gasteiger partial charge in [-0.1, -0.05) is 18.2 Å². The third-order valence-electron chi connectivity index (χ3n) is 3.27. The van der Waals surface area contributed by atoms with Gasteiger partial charge in [0, 0.05) is 31.1 Å². The van der Waals surface area contributed by atoms with E-state index in [1.54, 1.807) is 6.20 Å². The number of amides is 1. The van der Waals surface area contributed by atoms with Crippen LogP contribution in [0.1, 0.15) is 12.0 Å².